The van der Waals surface area contributed by atoms with Crippen LogP contribution in [0.5, 0.6) is 5.75 Å². The number of imidazole rings is 1. The van der Waals surface area contributed by atoms with Gasteiger partial charge >= 0.3 is 0 Å². The average Bonchev–Trinajstić information content (AvgIpc) is 2.89. The van der Waals surface area contributed by atoms with E-state index >= 15 is 0 Å². The zero-order chi connectivity index (χ0) is 13.9. The number of rotatable bonds is 4. The third-order valence-electron chi connectivity index (χ3n) is 3.12. The van der Waals surface area contributed by atoms with Crippen LogP contribution in [0.15, 0.2) is 42.6 Å². The van der Waals surface area contributed by atoms with Gasteiger partial charge in [0.1, 0.15) is 5.75 Å². The number of methoxy groups -OCH3 is 1. The van der Waals surface area contributed by atoms with Gasteiger partial charge in [-0.25, -0.2) is 9.50 Å². The zero-order valence-electron chi connectivity index (χ0n) is 11.2. The molecule has 0 aliphatic carbocycles. The van der Waals surface area contributed by atoms with Gasteiger partial charge in [-0.1, -0.05) is 0 Å². The molecule has 2 aromatic heterocycles. The Kier molecular flexibility index (Phi) is 3.35. The molecule has 102 valence electrons. The molecule has 0 radical (unpaired) electrons. The van der Waals surface area contributed by atoms with Gasteiger partial charge in [-0.3, -0.25) is 0 Å². The van der Waals surface area contributed by atoms with Gasteiger partial charge in [0.15, 0.2) is 5.65 Å². The van der Waals surface area contributed by atoms with E-state index in [0.29, 0.717) is 6.42 Å². The van der Waals surface area contributed by atoms with Crippen LogP contribution in [0.4, 0.5) is 0 Å². The Balaban J connectivity index is 1.98. The monoisotopic (exact) mass is 269 g/mol. The smallest absolute Gasteiger partial charge is 0.153 e. The summed E-state index contributed by atoms with van der Waals surface area (Å²) in [4.78, 5) is 4.39. The summed E-state index contributed by atoms with van der Waals surface area (Å²) >= 11 is 0. The standard InChI is InChI=1S/C15H15N3O2/c1-20-13-4-2-11(3-5-13)14-6-7-15-16-12(8-9-19)10-18(15)17-14/h2-7,10,19H,8-9H2,1H3. The van der Waals surface area contributed by atoms with Crippen molar-refractivity contribution in [3.8, 4) is 17.0 Å². The predicted molar refractivity (Wildman–Crippen MR) is 75.8 cm³/mol. The first-order chi connectivity index (χ1) is 9.80. The average molecular weight is 269 g/mol. The molecule has 3 rings (SSSR count). The summed E-state index contributed by atoms with van der Waals surface area (Å²) in [6.07, 6.45) is 2.39. The summed E-state index contributed by atoms with van der Waals surface area (Å²) in [6, 6.07) is 11.6. The van der Waals surface area contributed by atoms with Crippen LogP contribution < -0.4 is 4.74 Å². The number of aromatic nitrogens is 3. The van der Waals surface area contributed by atoms with Crippen LogP contribution in [0.25, 0.3) is 16.9 Å². The van der Waals surface area contributed by atoms with Gasteiger partial charge in [-0.2, -0.15) is 5.10 Å². The molecule has 20 heavy (non-hydrogen) atoms. The van der Waals surface area contributed by atoms with Gasteiger partial charge < -0.3 is 9.84 Å². The molecule has 0 atom stereocenters. The summed E-state index contributed by atoms with van der Waals surface area (Å²) in [7, 11) is 1.65. The lowest BCUT2D eigenvalue weighted by Gasteiger charge is -2.03. The van der Waals surface area contributed by atoms with Crippen molar-refractivity contribution >= 4 is 5.65 Å². The van der Waals surface area contributed by atoms with Crippen molar-refractivity contribution in [3.63, 3.8) is 0 Å². The molecule has 5 heteroatoms. The van der Waals surface area contributed by atoms with Crippen molar-refractivity contribution in [2.75, 3.05) is 13.7 Å². The van der Waals surface area contributed by atoms with Gasteiger partial charge in [0.05, 0.1) is 24.7 Å². The minimum absolute atomic E-state index is 0.0925. The highest BCUT2D eigenvalue weighted by Crippen LogP contribution is 2.20. The number of nitrogens with zero attached hydrogens (tertiary/aromatic N) is 3. The Morgan fingerprint density at radius 3 is 2.65 bits per heavy atom. The van der Waals surface area contributed by atoms with E-state index in [9.17, 15) is 0 Å². The molecule has 0 saturated carbocycles. The first-order valence-electron chi connectivity index (χ1n) is 6.41. The highest BCUT2D eigenvalue weighted by atomic mass is 16.5. The highest BCUT2D eigenvalue weighted by molar-refractivity contribution is 5.61. The van der Waals surface area contributed by atoms with Gasteiger partial charge in [0.25, 0.3) is 0 Å². The molecule has 2 heterocycles. The van der Waals surface area contributed by atoms with Gasteiger partial charge in [0.2, 0.25) is 0 Å². The minimum atomic E-state index is 0.0925. The number of hydrogen-bond donors (Lipinski definition) is 1. The van der Waals surface area contributed by atoms with Crippen LogP contribution in [0.1, 0.15) is 5.69 Å². The topological polar surface area (TPSA) is 59.7 Å². The lowest BCUT2D eigenvalue weighted by Crippen LogP contribution is -1.93. The van der Waals surface area contributed by atoms with Gasteiger partial charge in [-0.05, 0) is 36.4 Å². The summed E-state index contributed by atoms with van der Waals surface area (Å²) < 4.78 is 6.89. The fourth-order valence-electron chi connectivity index (χ4n) is 2.08. The Morgan fingerprint density at radius 1 is 1.15 bits per heavy atom. The van der Waals surface area contributed by atoms with E-state index in [2.05, 4.69) is 10.1 Å². The van der Waals surface area contributed by atoms with Crippen molar-refractivity contribution in [1.29, 1.82) is 0 Å². The lowest BCUT2D eigenvalue weighted by atomic mass is 10.1. The molecule has 5 nitrogen and oxygen atoms in total. The second-order valence-electron chi connectivity index (χ2n) is 4.46. The normalized spacial score (nSPS) is 10.9. The van der Waals surface area contributed by atoms with E-state index in [0.717, 1.165) is 28.3 Å². The molecule has 0 fully saturated rings. The third kappa shape index (κ3) is 2.35. The summed E-state index contributed by atoms with van der Waals surface area (Å²) in [5, 5.41) is 13.5. The maximum Gasteiger partial charge on any atom is 0.153 e. The fraction of sp³-hybridized carbons (Fsp3) is 0.200. The Morgan fingerprint density at radius 2 is 1.95 bits per heavy atom. The van der Waals surface area contributed by atoms with Crippen molar-refractivity contribution in [2.45, 2.75) is 6.42 Å². The molecule has 0 bridgehead atoms. The molecular formula is C15H15N3O2. The number of fused-ring (bicyclic) bond motifs is 1. The number of aliphatic hydroxyl groups excluding tert-OH is 1. The van der Waals surface area contributed by atoms with Crippen LogP contribution in [0, 0.1) is 0 Å². The highest BCUT2D eigenvalue weighted by Gasteiger charge is 2.05. The van der Waals surface area contributed by atoms with Crippen molar-refractivity contribution in [2.24, 2.45) is 0 Å². The predicted octanol–water partition coefficient (Wildman–Crippen LogP) is 1.94. The minimum Gasteiger partial charge on any atom is -0.497 e. The molecule has 0 spiro atoms. The van der Waals surface area contributed by atoms with E-state index in [1.54, 1.807) is 11.6 Å². The number of ether oxygens (including phenoxy) is 1. The number of hydrogen-bond acceptors (Lipinski definition) is 4. The lowest BCUT2D eigenvalue weighted by molar-refractivity contribution is 0.298. The number of aliphatic hydroxyl groups is 1. The largest absolute Gasteiger partial charge is 0.497 e. The van der Waals surface area contributed by atoms with Crippen LogP contribution in [0.2, 0.25) is 0 Å². The van der Waals surface area contributed by atoms with Gasteiger partial charge in [-0.15, -0.1) is 0 Å². The van der Waals surface area contributed by atoms with E-state index in [4.69, 9.17) is 9.84 Å². The van der Waals surface area contributed by atoms with E-state index < -0.39 is 0 Å². The first kappa shape index (κ1) is 12.6. The summed E-state index contributed by atoms with van der Waals surface area (Å²) in [5.41, 5.74) is 3.51. The molecule has 3 aromatic rings. The molecule has 1 aromatic carbocycles. The Hall–Kier alpha value is -2.40. The zero-order valence-corrected chi connectivity index (χ0v) is 11.2. The molecule has 0 amide bonds. The van der Waals surface area contributed by atoms with Crippen LogP contribution >= 0.6 is 0 Å². The molecule has 1 N–H and O–H groups in total. The van der Waals surface area contributed by atoms with E-state index in [1.165, 1.54) is 0 Å². The fourth-order valence-corrected chi connectivity index (χ4v) is 2.08. The van der Waals surface area contributed by atoms with E-state index in [-0.39, 0.29) is 6.61 Å². The molecular weight excluding hydrogens is 254 g/mol. The molecule has 0 saturated heterocycles. The van der Waals surface area contributed by atoms with Crippen molar-refractivity contribution in [1.82, 2.24) is 14.6 Å². The maximum atomic E-state index is 8.95. The SMILES string of the molecule is COc1ccc(-c2ccc3nc(CCO)cn3n2)cc1. The van der Waals surface area contributed by atoms with E-state index in [1.807, 2.05) is 42.6 Å². The van der Waals surface area contributed by atoms with Crippen molar-refractivity contribution < 1.29 is 9.84 Å². The van der Waals surface area contributed by atoms with Crippen LogP contribution in [0.3, 0.4) is 0 Å². The molecule has 0 unspecified atom stereocenters. The quantitative estimate of drug-likeness (QED) is 0.786. The van der Waals surface area contributed by atoms with Crippen molar-refractivity contribution in [3.05, 3.63) is 48.3 Å². The Bertz CT molecular complexity index is 720. The van der Waals surface area contributed by atoms with Crippen LogP contribution in [-0.4, -0.2) is 33.4 Å². The van der Waals surface area contributed by atoms with Gasteiger partial charge in [0, 0.05) is 18.6 Å². The second kappa shape index (κ2) is 5.30. The summed E-state index contributed by atoms with van der Waals surface area (Å²) in [6.45, 7) is 0.0925. The maximum absolute atomic E-state index is 8.95. The molecule has 0 aliphatic rings. The van der Waals surface area contributed by atoms with Crippen LogP contribution in [-0.2, 0) is 6.42 Å². The second-order valence-corrected chi connectivity index (χ2v) is 4.46. The number of benzene rings is 1. The molecule has 0 aliphatic heterocycles. The Labute approximate surface area is 116 Å². The first-order valence-corrected chi connectivity index (χ1v) is 6.41. The third-order valence-corrected chi connectivity index (χ3v) is 3.12. The summed E-state index contributed by atoms with van der Waals surface area (Å²) in [5.74, 6) is 0.822.